The van der Waals surface area contributed by atoms with Crippen LogP contribution in [-0.2, 0) is 0 Å². The van der Waals surface area contributed by atoms with E-state index >= 15 is 0 Å². The molecule has 0 aliphatic heterocycles. The Morgan fingerprint density at radius 3 is 2.56 bits per heavy atom. The minimum absolute atomic E-state index is 0.0613. The summed E-state index contributed by atoms with van der Waals surface area (Å²) in [6, 6.07) is 5.76. The van der Waals surface area contributed by atoms with Crippen LogP contribution in [0, 0.1) is 18.7 Å². The number of aryl methyl sites for hydroxylation is 1. The van der Waals surface area contributed by atoms with Gasteiger partial charge in [-0.3, -0.25) is 0 Å². The Balaban J connectivity index is 3.05. The third kappa shape index (κ3) is 2.82. The summed E-state index contributed by atoms with van der Waals surface area (Å²) in [4.78, 5) is 0. The first-order valence-corrected chi connectivity index (χ1v) is 6.10. The molecule has 1 aromatic rings. The molecular formula is C14H22FN. The fourth-order valence-electron chi connectivity index (χ4n) is 1.98. The molecule has 2 heteroatoms. The number of rotatable bonds is 5. The van der Waals surface area contributed by atoms with E-state index in [4.69, 9.17) is 0 Å². The second-order valence-electron chi connectivity index (χ2n) is 4.40. The zero-order valence-electron chi connectivity index (χ0n) is 10.7. The van der Waals surface area contributed by atoms with Crippen LogP contribution in [0.1, 0.15) is 44.4 Å². The average Bonchev–Trinajstić information content (AvgIpc) is 2.29. The van der Waals surface area contributed by atoms with Crippen LogP contribution in [0.4, 0.5) is 4.39 Å². The van der Waals surface area contributed by atoms with Gasteiger partial charge in [-0.15, -0.1) is 0 Å². The fraction of sp³-hybridized carbons (Fsp3) is 0.571. The lowest BCUT2D eigenvalue weighted by molar-refractivity contribution is 0.371. The SMILES string of the molecule is CCNC(c1cccc(C)c1F)C(C)CC. The maximum atomic E-state index is 14.0. The Labute approximate surface area is 98.1 Å². The number of hydrogen-bond acceptors (Lipinski definition) is 1. The first-order chi connectivity index (χ1) is 7.61. The van der Waals surface area contributed by atoms with Gasteiger partial charge in [0.15, 0.2) is 0 Å². The molecule has 0 saturated carbocycles. The van der Waals surface area contributed by atoms with Crippen molar-refractivity contribution in [2.75, 3.05) is 6.54 Å². The van der Waals surface area contributed by atoms with E-state index in [1.165, 1.54) is 0 Å². The third-order valence-electron chi connectivity index (χ3n) is 3.19. The van der Waals surface area contributed by atoms with Crippen molar-refractivity contribution in [1.29, 1.82) is 0 Å². The van der Waals surface area contributed by atoms with Gasteiger partial charge in [-0.1, -0.05) is 45.4 Å². The standard InChI is InChI=1S/C14H22FN/c1-5-10(3)14(16-6-2)12-9-7-8-11(4)13(12)15/h7-10,14,16H,5-6H2,1-4H3. The van der Waals surface area contributed by atoms with Gasteiger partial charge in [0.05, 0.1) is 0 Å². The smallest absolute Gasteiger partial charge is 0.130 e. The van der Waals surface area contributed by atoms with Gasteiger partial charge >= 0.3 is 0 Å². The topological polar surface area (TPSA) is 12.0 Å². The molecule has 0 heterocycles. The van der Waals surface area contributed by atoms with Gasteiger partial charge in [-0.2, -0.15) is 0 Å². The van der Waals surface area contributed by atoms with Crippen LogP contribution in [0.2, 0.25) is 0 Å². The fourth-order valence-corrected chi connectivity index (χ4v) is 1.98. The Morgan fingerprint density at radius 2 is 2.00 bits per heavy atom. The highest BCUT2D eigenvalue weighted by atomic mass is 19.1. The molecule has 1 aromatic carbocycles. The highest BCUT2D eigenvalue weighted by Crippen LogP contribution is 2.27. The molecule has 0 amide bonds. The van der Waals surface area contributed by atoms with Crippen molar-refractivity contribution in [3.05, 3.63) is 35.1 Å². The largest absolute Gasteiger partial charge is 0.310 e. The molecule has 0 bridgehead atoms. The molecule has 1 rings (SSSR count). The van der Waals surface area contributed by atoms with Gasteiger partial charge in [0.1, 0.15) is 5.82 Å². The lowest BCUT2D eigenvalue weighted by Crippen LogP contribution is -2.27. The predicted octanol–water partition coefficient (Wildman–Crippen LogP) is 3.83. The molecule has 16 heavy (non-hydrogen) atoms. The Hall–Kier alpha value is -0.890. The van der Waals surface area contributed by atoms with E-state index in [1.807, 2.05) is 25.1 Å². The van der Waals surface area contributed by atoms with Gasteiger partial charge in [-0.05, 0) is 24.9 Å². The summed E-state index contributed by atoms with van der Waals surface area (Å²) < 4.78 is 14.0. The van der Waals surface area contributed by atoms with Gasteiger partial charge in [0.25, 0.3) is 0 Å². The Kier molecular flexibility index (Phi) is 4.94. The lowest BCUT2D eigenvalue weighted by Gasteiger charge is -2.25. The molecule has 0 radical (unpaired) electrons. The molecule has 2 unspecified atom stereocenters. The highest BCUT2D eigenvalue weighted by Gasteiger charge is 2.20. The van der Waals surface area contributed by atoms with Gasteiger partial charge in [0.2, 0.25) is 0 Å². The van der Waals surface area contributed by atoms with Crippen molar-refractivity contribution >= 4 is 0 Å². The van der Waals surface area contributed by atoms with Crippen molar-refractivity contribution in [2.45, 2.75) is 40.2 Å². The third-order valence-corrected chi connectivity index (χ3v) is 3.19. The molecule has 0 spiro atoms. The van der Waals surface area contributed by atoms with E-state index in [9.17, 15) is 4.39 Å². The summed E-state index contributed by atoms with van der Waals surface area (Å²) in [6.07, 6.45) is 1.05. The minimum atomic E-state index is -0.0613. The first-order valence-electron chi connectivity index (χ1n) is 6.10. The van der Waals surface area contributed by atoms with Crippen LogP contribution >= 0.6 is 0 Å². The van der Waals surface area contributed by atoms with Crippen LogP contribution in [0.3, 0.4) is 0 Å². The number of nitrogens with one attached hydrogen (secondary N) is 1. The minimum Gasteiger partial charge on any atom is -0.310 e. The summed E-state index contributed by atoms with van der Waals surface area (Å²) in [7, 11) is 0. The normalized spacial score (nSPS) is 14.8. The summed E-state index contributed by atoms with van der Waals surface area (Å²) >= 11 is 0. The zero-order chi connectivity index (χ0) is 12.1. The maximum Gasteiger partial charge on any atom is 0.130 e. The number of benzene rings is 1. The first kappa shape index (κ1) is 13.2. The molecule has 2 atom stereocenters. The Bertz CT molecular complexity index is 336. The van der Waals surface area contributed by atoms with Crippen LogP contribution in [0.15, 0.2) is 18.2 Å². The average molecular weight is 223 g/mol. The molecule has 0 aromatic heterocycles. The Morgan fingerprint density at radius 1 is 1.31 bits per heavy atom. The van der Waals surface area contributed by atoms with Crippen LogP contribution in [0.5, 0.6) is 0 Å². The summed E-state index contributed by atoms with van der Waals surface area (Å²) in [5, 5.41) is 3.38. The number of hydrogen-bond donors (Lipinski definition) is 1. The lowest BCUT2D eigenvalue weighted by atomic mass is 9.91. The molecule has 0 aliphatic rings. The number of halogens is 1. The quantitative estimate of drug-likeness (QED) is 0.800. The molecule has 1 N–H and O–H groups in total. The van der Waals surface area contributed by atoms with Crippen LogP contribution in [-0.4, -0.2) is 6.54 Å². The molecule has 0 saturated heterocycles. The molecule has 0 aliphatic carbocycles. The van der Waals surface area contributed by atoms with Gasteiger partial charge < -0.3 is 5.32 Å². The van der Waals surface area contributed by atoms with Crippen molar-refractivity contribution in [3.8, 4) is 0 Å². The van der Waals surface area contributed by atoms with E-state index < -0.39 is 0 Å². The summed E-state index contributed by atoms with van der Waals surface area (Å²) in [5.74, 6) is 0.380. The van der Waals surface area contributed by atoms with E-state index in [-0.39, 0.29) is 11.9 Å². The van der Waals surface area contributed by atoms with E-state index in [0.717, 1.165) is 24.1 Å². The van der Waals surface area contributed by atoms with Crippen LogP contribution < -0.4 is 5.32 Å². The molecule has 90 valence electrons. The van der Waals surface area contributed by atoms with Crippen molar-refractivity contribution < 1.29 is 4.39 Å². The van der Waals surface area contributed by atoms with E-state index in [0.29, 0.717) is 5.92 Å². The van der Waals surface area contributed by atoms with Crippen LogP contribution in [0.25, 0.3) is 0 Å². The maximum absolute atomic E-state index is 14.0. The molecule has 0 fully saturated rings. The van der Waals surface area contributed by atoms with Crippen molar-refractivity contribution in [1.82, 2.24) is 5.32 Å². The van der Waals surface area contributed by atoms with Gasteiger partial charge in [-0.25, -0.2) is 4.39 Å². The zero-order valence-corrected chi connectivity index (χ0v) is 10.7. The highest BCUT2D eigenvalue weighted by molar-refractivity contribution is 5.28. The van der Waals surface area contributed by atoms with E-state index in [1.54, 1.807) is 0 Å². The van der Waals surface area contributed by atoms with Gasteiger partial charge in [0, 0.05) is 11.6 Å². The second-order valence-corrected chi connectivity index (χ2v) is 4.40. The molecular weight excluding hydrogens is 201 g/mol. The van der Waals surface area contributed by atoms with Crippen molar-refractivity contribution in [3.63, 3.8) is 0 Å². The van der Waals surface area contributed by atoms with E-state index in [2.05, 4.69) is 26.1 Å². The van der Waals surface area contributed by atoms with Crippen molar-refractivity contribution in [2.24, 2.45) is 5.92 Å². The molecule has 1 nitrogen and oxygen atoms in total. The summed E-state index contributed by atoms with van der Waals surface area (Å²) in [6.45, 7) is 9.04. The second kappa shape index (κ2) is 6.00. The predicted molar refractivity (Wildman–Crippen MR) is 67.0 cm³/mol. The summed E-state index contributed by atoms with van der Waals surface area (Å²) in [5.41, 5.74) is 1.53. The monoisotopic (exact) mass is 223 g/mol.